The van der Waals surface area contributed by atoms with Crippen LogP contribution in [0.5, 0.6) is 5.75 Å². The molecule has 10 heteroatoms. The van der Waals surface area contributed by atoms with Crippen LogP contribution in [0.25, 0.3) is 0 Å². The van der Waals surface area contributed by atoms with Gasteiger partial charge in [-0.3, -0.25) is 20.3 Å². The van der Waals surface area contributed by atoms with Crippen LogP contribution in [0.2, 0.25) is 10.0 Å². The molecule has 0 aliphatic rings. The first-order chi connectivity index (χ1) is 9.40. The molecule has 1 rings (SSSR count). The standard InChI is InChI=1S/C10H11Cl2N3O5/c1-19-4-9(10(16)14-13)20-8-3-6(12)5(11)2-7(8)15(17)18/h2-3,9H,4,13H2,1H3,(H,14,16). The molecule has 0 aromatic heterocycles. The van der Waals surface area contributed by atoms with Crippen molar-refractivity contribution in [3.8, 4) is 5.75 Å². The quantitative estimate of drug-likeness (QED) is 0.352. The van der Waals surface area contributed by atoms with Gasteiger partial charge in [0.2, 0.25) is 6.10 Å². The number of amides is 1. The van der Waals surface area contributed by atoms with Gasteiger partial charge >= 0.3 is 5.69 Å². The molecule has 20 heavy (non-hydrogen) atoms. The number of ether oxygens (including phenoxy) is 2. The number of benzene rings is 1. The molecule has 0 heterocycles. The second kappa shape index (κ2) is 7.25. The molecule has 0 bridgehead atoms. The zero-order chi connectivity index (χ0) is 15.3. The van der Waals surface area contributed by atoms with Crippen molar-refractivity contribution in [3.05, 3.63) is 32.3 Å². The van der Waals surface area contributed by atoms with Gasteiger partial charge in [0, 0.05) is 19.2 Å². The minimum Gasteiger partial charge on any atom is -0.471 e. The van der Waals surface area contributed by atoms with Gasteiger partial charge in [0.25, 0.3) is 5.91 Å². The van der Waals surface area contributed by atoms with Gasteiger partial charge in [-0.25, -0.2) is 5.84 Å². The summed E-state index contributed by atoms with van der Waals surface area (Å²) < 4.78 is 10.0. The maximum Gasteiger partial charge on any atom is 0.312 e. The number of carbonyl (C=O) groups is 1. The summed E-state index contributed by atoms with van der Waals surface area (Å²) in [7, 11) is 1.34. The lowest BCUT2D eigenvalue weighted by atomic mass is 10.3. The molecule has 0 saturated carbocycles. The molecule has 0 spiro atoms. The summed E-state index contributed by atoms with van der Waals surface area (Å²) in [5, 5.41) is 11.0. The van der Waals surface area contributed by atoms with E-state index in [-0.39, 0.29) is 22.4 Å². The van der Waals surface area contributed by atoms with E-state index in [0.29, 0.717) is 0 Å². The fourth-order valence-corrected chi connectivity index (χ4v) is 1.63. The Labute approximate surface area is 123 Å². The van der Waals surface area contributed by atoms with Crippen molar-refractivity contribution in [2.24, 2.45) is 5.84 Å². The molecule has 1 unspecified atom stereocenters. The maximum atomic E-state index is 11.5. The summed E-state index contributed by atoms with van der Waals surface area (Å²) in [5.74, 6) is 4.08. The van der Waals surface area contributed by atoms with Crippen molar-refractivity contribution in [1.82, 2.24) is 5.43 Å². The molecule has 1 amide bonds. The third-order valence-electron chi connectivity index (χ3n) is 2.22. The Hall–Kier alpha value is -1.61. The number of rotatable bonds is 6. The van der Waals surface area contributed by atoms with E-state index in [0.717, 1.165) is 12.1 Å². The number of methoxy groups -OCH3 is 1. The maximum absolute atomic E-state index is 11.5. The van der Waals surface area contributed by atoms with Crippen LogP contribution in [0.4, 0.5) is 5.69 Å². The van der Waals surface area contributed by atoms with Crippen LogP contribution in [0.1, 0.15) is 0 Å². The molecule has 0 fully saturated rings. The van der Waals surface area contributed by atoms with Gasteiger partial charge in [0.05, 0.1) is 21.6 Å². The summed E-state index contributed by atoms with van der Waals surface area (Å²) >= 11 is 11.5. The first-order valence-corrected chi connectivity index (χ1v) is 5.95. The lowest BCUT2D eigenvalue weighted by Gasteiger charge is -2.16. The molecular formula is C10H11Cl2N3O5. The van der Waals surface area contributed by atoms with Crippen LogP contribution in [-0.2, 0) is 9.53 Å². The van der Waals surface area contributed by atoms with E-state index in [1.807, 2.05) is 5.43 Å². The highest BCUT2D eigenvalue weighted by molar-refractivity contribution is 6.42. The molecule has 3 N–H and O–H groups in total. The summed E-state index contributed by atoms with van der Waals surface area (Å²) in [6, 6.07) is 2.18. The number of nitro benzene ring substituents is 1. The lowest BCUT2D eigenvalue weighted by Crippen LogP contribution is -2.44. The molecule has 1 atom stereocenters. The van der Waals surface area contributed by atoms with Crippen LogP contribution in [0.3, 0.4) is 0 Å². The van der Waals surface area contributed by atoms with Crippen LogP contribution in [-0.4, -0.2) is 30.7 Å². The molecule has 1 aromatic carbocycles. The van der Waals surface area contributed by atoms with E-state index in [4.69, 9.17) is 38.5 Å². The molecule has 110 valence electrons. The average molecular weight is 324 g/mol. The molecular weight excluding hydrogens is 313 g/mol. The third-order valence-corrected chi connectivity index (χ3v) is 2.94. The Morgan fingerprint density at radius 3 is 2.60 bits per heavy atom. The number of hydrogen-bond acceptors (Lipinski definition) is 6. The van der Waals surface area contributed by atoms with Crippen LogP contribution >= 0.6 is 23.2 Å². The second-order valence-electron chi connectivity index (χ2n) is 3.56. The number of carbonyl (C=O) groups excluding carboxylic acids is 1. The number of nitro groups is 1. The van der Waals surface area contributed by atoms with Crippen molar-refractivity contribution < 1.29 is 19.2 Å². The van der Waals surface area contributed by atoms with Crippen molar-refractivity contribution >= 4 is 34.8 Å². The largest absolute Gasteiger partial charge is 0.471 e. The first kappa shape index (κ1) is 16.4. The van der Waals surface area contributed by atoms with Crippen LogP contribution in [0, 0.1) is 10.1 Å². The third kappa shape index (κ3) is 3.94. The molecule has 0 aliphatic carbocycles. The molecule has 8 nitrogen and oxygen atoms in total. The van der Waals surface area contributed by atoms with Crippen LogP contribution in [0.15, 0.2) is 12.1 Å². The molecule has 0 aliphatic heterocycles. The van der Waals surface area contributed by atoms with Crippen molar-refractivity contribution in [2.75, 3.05) is 13.7 Å². The highest BCUT2D eigenvalue weighted by Gasteiger charge is 2.25. The topological polar surface area (TPSA) is 117 Å². The zero-order valence-electron chi connectivity index (χ0n) is 10.3. The van der Waals surface area contributed by atoms with Crippen molar-refractivity contribution in [2.45, 2.75) is 6.10 Å². The Kier molecular flexibility index (Phi) is 5.96. The predicted molar refractivity (Wildman–Crippen MR) is 71.7 cm³/mol. The minimum atomic E-state index is -1.17. The average Bonchev–Trinajstić information content (AvgIpc) is 2.40. The Morgan fingerprint density at radius 2 is 2.10 bits per heavy atom. The normalized spacial score (nSPS) is 11.8. The minimum absolute atomic E-state index is 0.00251. The Balaban J connectivity index is 3.14. The van der Waals surface area contributed by atoms with E-state index in [1.165, 1.54) is 7.11 Å². The van der Waals surface area contributed by atoms with Crippen LogP contribution < -0.4 is 16.0 Å². The number of nitrogens with two attached hydrogens (primary N) is 1. The SMILES string of the molecule is COCC(Oc1cc(Cl)c(Cl)cc1[N+](=O)[O-])C(=O)NN. The van der Waals surface area contributed by atoms with Crippen molar-refractivity contribution in [1.29, 1.82) is 0 Å². The second-order valence-corrected chi connectivity index (χ2v) is 4.38. The fraction of sp³-hybridized carbons (Fsp3) is 0.300. The van der Waals surface area contributed by atoms with E-state index < -0.39 is 22.6 Å². The first-order valence-electron chi connectivity index (χ1n) is 5.20. The highest BCUT2D eigenvalue weighted by atomic mass is 35.5. The number of nitrogens with one attached hydrogen (secondary N) is 1. The lowest BCUT2D eigenvalue weighted by molar-refractivity contribution is -0.386. The zero-order valence-corrected chi connectivity index (χ0v) is 11.8. The summed E-state index contributed by atoms with van der Waals surface area (Å²) in [6.45, 7) is -0.152. The number of halogens is 2. The van der Waals surface area contributed by atoms with Gasteiger partial charge in [-0.15, -0.1) is 0 Å². The van der Waals surface area contributed by atoms with Gasteiger partial charge in [-0.2, -0.15) is 0 Å². The van der Waals surface area contributed by atoms with Gasteiger partial charge < -0.3 is 9.47 Å². The smallest absolute Gasteiger partial charge is 0.312 e. The summed E-state index contributed by atoms with van der Waals surface area (Å²) in [4.78, 5) is 21.7. The molecule has 0 saturated heterocycles. The fourth-order valence-electron chi connectivity index (χ4n) is 1.32. The van der Waals surface area contributed by atoms with Gasteiger partial charge in [-0.1, -0.05) is 23.2 Å². The number of hydrogen-bond donors (Lipinski definition) is 2. The van der Waals surface area contributed by atoms with Crippen molar-refractivity contribution in [3.63, 3.8) is 0 Å². The monoisotopic (exact) mass is 323 g/mol. The Morgan fingerprint density at radius 1 is 1.50 bits per heavy atom. The highest BCUT2D eigenvalue weighted by Crippen LogP contribution is 2.36. The number of nitrogens with zero attached hydrogens (tertiary/aromatic N) is 1. The van der Waals surface area contributed by atoms with E-state index in [9.17, 15) is 14.9 Å². The van der Waals surface area contributed by atoms with E-state index in [2.05, 4.69) is 0 Å². The van der Waals surface area contributed by atoms with E-state index in [1.54, 1.807) is 0 Å². The van der Waals surface area contributed by atoms with Gasteiger partial charge in [0.15, 0.2) is 5.75 Å². The molecule has 1 aromatic rings. The molecule has 0 radical (unpaired) electrons. The summed E-state index contributed by atoms with van der Waals surface area (Å²) in [5.41, 5.74) is 1.45. The van der Waals surface area contributed by atoms with E-state index >= 15 is 0 Å². The van der Waals surface area contributed by atoms with Gasteiger partial charge in [0.1, 0.15) is 0 Å². The predicted octanol–water partition coefficient (Wildman–Crippen LogP) is 1.29. The Bertz CT molecular complexity index is 526. The summed E-state index contributed by atoms with van der Waals surface area (Å²) in [6.07, 6.45) is -1.17. The van der Waals surface area contributed by atoms with Gasteiger partial charge in [-0.05, 0) is 0 Å². The number of hydrazine groups is 1.